The van der Waals surface area contributed by atoms with E-state index in [1.165, 1.54) is 36.4 Å². The molecule has 0 aliphatic heterocycles. The van der Waals surface area contributed by atoms with Crippen LogP contribution >= 0.6 is 0 Å². The molecule has 6 nitrogen and oxygen atoms in total. The zero-order chi connectivity index (χ0) is 20.9. The number of anilines is 1. The van der Waals surface area contributed by atoms with Gasteiger partial charge in [0.05, 0.1) is 12.1 Å². The quantitative estimate of drug-likeness (QED) is 0.403. The highest BCUT2D eigenvalue weighted by Crippen LogP contribution is 2.19. The molecule has 0 radical (unpaired) electrons. The third kappa shape index (κ3) is 5.90. The molecular formula is C21H24FN3O3. The number of halogens is 1. The number of nitrogen functional groups attached to an aromatic ring is 1. The molecule has 28 heavy (non-hydrogen) atoms. The van der Waals surface area contributed by atoms with Crippen molar-refractivity contribution in [2.24, 2.45) is 0 Å². The molecule has 0 heterocycles. The first-order valence-electron chi connectivity index (χ1n) is 8.81. The number of esters is 1. The number of rotatable bonds is 6. The third-order valence-corrected chi connectivity index (χ3v) is 3.75. The molecule has 2 aromatic carbocycles. The van der Waals surface area contributed by atoms with E-state index >= 15 is 0 Å². The monoisotopic (exact) mass is 385 g/mol. The third-order valence-electron chi connectivity index (χ3n) is 3.75. The smallest absolute Gasteiger partial charge is 0.308 e. The van der Waals surface area contributed by atoms with Crippen LogP contribution in [-0.4, -0.2) is 29.7 Å². The Balaban J connectivity index is 2.05. The van der Waals surface area contributed by atoms with Crippen LogP contribution in [0.3, 0.4) is 0 Å². The van der Waals surface area contributed by atoms with E-state index in [-0.39, 0.29) is 18.7 Å². The molecule has 0 saturated heterocycles. The topological polar surface area (TPSA) is 105 Å². The molecule has 2 aromatic rings. The Labute approximate surface area is 163 Å². The van der Waals surface area contributed by atoms with E-state index in [4.69, 9.17) is 15.9 Å². The highest BCUT2D eigenvalue weighted by atomic mass is 19.1. The van der Waals surface area contributed by atoms with Gasteiger partial charge in [-0.25, -0.2) is 4.39 Å². The molecule has 0 aliphatic rings. The maximum Gasteiger partial charge on any atom is 0.308 e. The van der Waals surface area contributed by atoms with Gasteiger partial charge in [-0.2, -0.15) is 0 Å². The van der Waals surface area contributed by atoms with E-state index in [9.17, 15) is 14.0 Å². The second-order valence-electron chi connectivity index (χ2n) is 7.28. The van der Waals surface area contributed by atoms with E-state index in [0.29, 0.717) is 22.4 Å². The summed E-state index contributed by atoms with van der Waals surface area (Å²) in [6.07, 6.45) is 0.0518. The van der Waals surface area contributed by atoms with Gasteiger partial charge in [-0.3, -0.25) is 15.0 Å². The van der Waals surface area contributed by atoms with Crippen molar-refractivity contribution in [1.29, 1.82) is 5.41 Å². The minimum atomic E-state index is -0.576. The van der Waals surface area contributed by atoms with Gasteiger partial charge in [-0.15, -0.1) is 0 Å². The lowest BCUT2D eigenvalue weighted by molar-refractivity contribution is -0.154. The standard InChI is InChI=1S/C21H24FN3O3/c1-21(2,3)28-18(26)10-11-25-20(27)14-6-9-17(23)16(12-14)19(24)13-4-7-15(22)8-5-13/h4-9,12,24H,10-11,23H2,1-3H3,(H,25,27). The van der Waals surface area contributed by atoms with Crippen LogP contribution in [0.1, 0.15) is 48.7 Å². The largest absolute Gasteiger partial charge is 0.460 e. The fraction of sp³-hybridized carbons (Fsp3) is 0.286. The Morgan fingerprint density at radius 1 is 1.11 bits per heavy atom. The number of hydrogen-bond donors (Lipinski definition) is 3. The lowest BCUT2D eigenvalue weighted by Gasteiger charge is -2.19. The molecule has 0 aliphatic carbocycles. The van der Waals surface area contributed by atoms with Gasteiger partial charge < -0.3 is 15.8 Å². The van der Waals surface area contributed by atoms with Crippen molar-refractivity contribution < 1.29 is 18.7 Å². The van der Waals surface area contributed by atoms with E-state index in [2.05, 4.69) is 5.32 Å². The van der Waals surface area contributed by atoms with Crippen LogP contribution in [0.4, 0.5) is 10.1 Å². The number of nitrogens with two attached hydrogens (primary N) is 1. The van der Waals surface area contributed by atoms with Gasteiger partial charge in [0.2, 0.25) is 0 Å². The van der Waals surface area contributed by atoms with Crippen molar-refractivity contribution in [2.75, 3.05) is 12.3 Å². The second kappa shape index (κ2) is 8.65. The lowest BCUT2D eigenvalue weighted by Crippen LogP contribution is -2.29. The van der Waals surface area contributed by atoms with Crippen LogP contribution in [0.25, 0.3) is 0 Å². The number of carbonyl (C=O) groups is 2. The summed E-state index contributed by atoms with van der Waals surface area (Å²) in [6.45, 7) is 5.45. The molecule has 0 bridgehead atoms. The molecule has 2 rings (SSSR count). The van der Waals surface area contributed by atoms with Gasteiger partial charge in [-0.1, -0.05) is 0 Å². The molecule has 1 amide bonds. The normalized spacial score (nSPS) is 11.0. The predicted octanol–water partition coefficient (Wildman–Crippen LogP) is 3.29. The van der Waals surface area contributed by atoms with Gasteiger partial charge in [-0.05, 0) is 63.2 Å². The first-order valence-corrected chi connectivity index (χ1v) is 8.81. The molecule has 0 saturated carbocycles. The number of carbonyl (C=O) groups excluding carboxylic acids is 2. The average Bonchev–Trinajstić information content (AvgIpc) is 2.60. The van der Waals surface area contributed by atoms with Gasteiger partial charge >= 0.3 is 5.97 Å². The van der Waals surface area contributed by atoms with Gasteiger partial charge in [0.1, 0.15) is 11.4 Å². The molecule has 0 atom stereocenters. The van der Waals surface area contributed by atoms with Gasteiger partial charge in [0.15, 0.2) is 0 Å². The Kier molecular flexibility index (Phi) is 6.51. The zero-order valence-corrected chi connectivity index (χ0v) is 16.1. The van der Waals surface area contributed by atoms with E-state index < -0.39 is 23.3 Å². The Bertz CT molecular complexity index is 887. The Hall–Kier alpha value is -3.22. The van der Waals surface area contributed by atoms with E-state index in [0.717, 1.165) is 0 Å². The fourth-order valence-corrected chi connectivity index (χ4v) is 2.46. The fourth-order valence-electron chi connectivity index (χ4n) is 2.46. The van der Waals surface area contributed by atoms with Crippen molar-refractivity contribution in [2.45, 2.75) is 32.8 Å². The van der Waals surface area contributed by atoms with E-state index in [1.807, 2.05) is 0 Å². The summed E-state index contributed by atoms with van der Waals surface area (Å²) in [6, 6.07) is 10.1. The van der Waals surface area contributed by atoms with Gasteiger partial charge in [0, 0.05) is 28.9 Å². The minimum absolute atomic E-state index is 0.0518. The van der Waals surface area contributed by atoms with Crippen LogP contribution in [-0.2, 0) is 9.53 Å². The SMILES string of the molecule is CC(C)(C)OC(=O)CCNC(=O)c1ccc(N)c(C(=N)c2ccc(F)cc2)c1. The van der Waals surface area contributed by atoms with Crippen molar-refractivity contribution in [3.63, 3.8) is 0 Å². The Morgan fingerprint density at radius 2 is 1.71 bits per heavy atom. The first kappa shape index (κ1) is 21.1. The van der Waals surface area contributed by atoms with Gasteiger partial charge in [0.25, 0.3) is 5.91 Å². The summed E-state index contributed by atoms with van der Waals surface area (Å²) in [5.41, 5.74) is 6.94. The molecule has 0 aromatic heterocycles. The van der Waals surface area contributed by atoms with Crippen LogP contribution in [0, 0.1) is 11.2 Å². The van der Waals surface area contributed by atoms with Crippen molar-refractivity contribution in [1.82, 2.24) is 5.32 Å². The van der Waals surface area contributed by atoms with E-state index in [1.54, 1.807) is 26.8 Å². The number of amides is 1. The summed E-state index contributed by atoms with van der Waals surface area (Å²) in [7, 11) is 0. The minimum Gasteiger partial charge on any atom is -0.460 e. The summed E-state index contributed by atoms with van der Waals surface area (Å²) in [4.78, 5) is 24.1. The lowest BCUT2D eigenvalue weighted by atomic mass is 9.98. The van der Waals surface area contributed by atoms with Crippen LogP contribution < -0.4 is 11.1 Å². The molecule has 0 unspecified atom stereocenters. The molecule has 4 N–H and O–H groups in total. The number of benzene rings is 2. The second-order valence-corrected chi connectivity index (χ2v) is 7.28. The highest BCUT2D eigenvalue weighted by molar-refractivity contribution is 6.14. The summed E-state index contributed by atoms with van der Waals surface area (Å²) >= 11 is 0. The summed E-state index contributed by atoms with van der Waals surface area (Å²) in [5, 5.41) is 10.9. The maximum atomic E-state index is 13.1. The molecule has 7 heteroatoms. The average molecular weight is 385 g/mol. The number of hydrogen-bond acceptors (Lipinski definition) is 5. The summed E-state index contributed by atoms with van der Waals surface area (Å²) in [5.74, 6) is -1.19. The van der Waals surface area contributed by atoms with Crippen LogP contribution in [0.2, 0.25) is 0 Å². The molecular weight excluding hydrogens is 361 g/mol. The van der Waals surface area contributed by atoms with Crippen molar-refractivity contribution >= 4 is 23.3 Å². The predicted molar refractivity (Wildman–Crippen MR) is 106 cm³/mol. The maximum absolute atomic E-state index is 13.1. The zero-order valence-electron chi connectivity index (χ0n) is 16.1. The summed E-state index contributed by atoms with van der Waals surface area (Å²) < 4.78 is 18.3. The number of nitrogens with one attached hydrogen (secondary N) is 2. The van der Waals surface area contributed by atoms with Crippen LogP contribution in [0.5, 0.6) is 0 Å². The molecule has 148 valence electrons. The van der Waals surface area contributed by atoms with Crippen molar-refractivity contribution in [3.05, 3.63) is 65.0 Å². The molecule has 0 fully saturated rings. The number of ether oxygens (including phenoxy) is 1. The van der Waals surface area contributed by atoms with Crippen LogP contribution in [0.15, 0.2) is 42.5 Å². The Morgan fingerprint density at radius 3 is 2.32 bits per heavy atom. The highest BCUT2D eigenvalue weighted by Gasteiger charge is 2.17. The molecule has 0 spiro atoms. The van der Waals surface area contributed by atoms with Crippen molar-refractivity contribution in [3.8, 4) is 0 Å². The first-order chi connectivity index (χ1) is 13.1.